The maximum Gasteiger partial charge on any atom is 0.191 e. The molecule has 0 spiro atoms. The van der Waals surface area contributed by atoms with E-state index >= 15 is 0 Å². The standard InChI is InChI=1S/C21H25N3S/c1-15-7-6-8-17(13-15)19-22-23-20(24(19)5)25-14-16-9-11-18(12-10-16)21(2,3)4/h6-13H,14H2,1-5H3. The van der Waals surface area contributed by atoms with Crippen LogP contribution in [-0.4, -0.2) is 14.8 Å². The van der Waals surface area contributed by atoms with Crippen molar-refractivity contribution in [1.82, 2.24) is 14.8 Å². The van der Waals surface area contributed by atoms with Gasteiger partial charge in [0.1, 0.15) is 0 Å². The number of benzene rings is 2. The van der Waals surface area contributed by atoms with Gasteiger partial charge < -0.3 is 4.57 Å². The third-order valence-electron chi connectivity index (χ3n) is 4.30. The summed E-state index contributed by atoms with van der Waals surface area (Å²) >= 11 is 1.72. The molecule has 130 valence electrons. The van der Waals surface area contributed by atoms with E-state index < -0.39 is 0 Å². The number of aromatic nitrogens is 3. The van der Waals surface area contributed by atoms with Gasteiger partial charge in [-0.3, -0.25) is 0 Å². The van der Waals surface area contributed by atoms with Gasteiger partial charge in [-0.2, -0.15) is 0 Å². The fraction of sp³-hybridized carbons (Fsp3) is 0.333. The number of hydrogen-bond donors (Lipinski definition) is 0. The topological polar surface area (TPSA) is 30.7 Å². The molecule has 0 aliphatic carbocycles. The average molecular weight is 352 g/mol. The first-order chi connectivity index (χ1) is 11.8. The van der Waals surface area contributed by atoms with Gasteiger partial charge in [0.2, 0.25) is 0 Å². The minimum Gasteiger partial charge on any atom is -0.305 e. The average Bonchev–Trinajstić information content (AvgIpc) is 2.93. The van der Waals surface area contributed by atoms with Crippen molar-refractivity contribution in [3.63, 3.8) is 0 Å². The van der Waals surface area contributed by atoms with Crippen LogP contribution in [0.5, 0.6) is 0 Å². The Hall–Kier alpha value is -2.07. The molecular weight excluding hydrogens is 326 g/mol. The summed E-state index contributed by atoms with van der Waals surface area (Å²) in [5, 5.41) is 9.69. The molecule has 0 aliphatic heterocycles. The van der Waals surface area contributed by atoms with Crippen molar-refractivity contribution in [3.05, 3.63) is 65.2 Å². The number of thioether (sulfide) groups is 1. The first-order valence-corrected chi connectivity index (χ1v) is 9.52. The molecule has 0 saturated carbocycles. The summed E-state index contributed by atoms with van der Waals surface area (Å²) in [6.07, 6.45) is 0. The van der Waals surface area contributed by atoms with E-state index in [4.69, 9.17) is 0 Å². The van der Waals surface area contributed by atoms with Crippen LogP contribution in [0.15, 0.2) is 53.7 Å². The molecule has 3 nitrogen and oxygen atoms in total. The second-order valence-electron chi connectivity index (χ2n) is 7.47. The summed E-state index contributed by atoms with van der Waals surface area (Å²) in [5.41, 5.74) is 5.20. The summed E-state index contributed by atoms with van der Waals surface area (Å²) in [6.45, 7) is 8.81. The summed E-state index contributed by atoms with van der Waals surface area (Å²) in [7, 11) is 2.03. The van der Waals surface area contributed by atoms with Gasteiger partial charge in [-0.05, 0) is 29.5 Å². The zero-order valence-electron chi connectivity index (χ0n) is 15.6. The minimum atomic E-state index is 0.192. The quantitative estimate of drug-likeness (QED) is 0.591. The van der Waals surface area contributed by atoms with Crippen molar-refractivity contribution >= 4 is 11.8 Å². The Balaban J connectivity index is 1.72. The molecule has 0 bridgehead atoms. The normalized spacial score (nSPS) is 11.7. The van der Waals surface area contributed by atoms with Crippen LogP contribution in [-0.2, 0) is 18.2 Å². The smallest absolute Gasteiger partial charge is 0.191 e. The molecule has 3 aromatic rings. The largest absolute Gasteiger partial charge is 0.305 e. The Morgan fingerprint density at radius 2 is 1.72 bits per heavy atom. The van der Waals surface area contributed by atoms with Crippen LogP contribution in [0, 0.1) is 6.92 Å². The van der Waals surface area contributed by atoms with Gasteiger partial charge in [0.15, 0.2) is 11.0 Å². The highest BCUT2D eigenvalue weighted by Gasteiger charge is 2.14. The van der Waals surface area contributed by atoms with Crippen LogP contribution in [0.1, 0.15) is 37.5 Å². The third kappa shape index (κ3) is 4.13. The highest BCUT2D eigenvalue weighted by molar-refractivity contribution is 7.98. The van der Waals surface area contributed by atoms with Crippen molar-refractivity contribution in [2.75, 3.05) is 0 Å². The van der Waals surface area contributed by atoms with E-state index in [-0.39, 0.29) is 5.41 Å². The molecule has 0 aliphatic rings. The van der Waals surface area contributed by atoms with Gasteiger partial charge in [0, 0.05) is 18.4 Å². The lowest BCUT2D eigenvalue weighted by Gasteiger charge is -2.19. The first-order valence-electron chi connectivity index (χ1n) is 8.53. The number of aryl methyl sites for hydroxylation is 1. The van der Waals surface area contributed by atoms with Crippen LogP contribution in [0.2, 0.25) is 0 Å². The Kier molecular flexibility index (Phi) is 5.00. The van der Waals surface area contributed by atoms with E-state index in [2.05, 4.69) is 91.0 Å². The molecule has 1 aromatic heterocycles. The van der Waals surface area contributed by atoms with Crippen molar-refractivity contribution in [2.24, 2.45) is 7.05 Å². The predicted molar refractivity (Wildman–Crippen MR) is 106 cm³/mol. The molecule has 1 heterocycles. The molecule has 0 N–H and O–H groups in total. The summed E-state index contributed by atoms with van der Waals surface area (Å²) in [6, 6.07) is 17.3. The van der Waals surface area contributed by atoms with Gasteiger partial charge in [0.05, 0.1) is 0 Å². The second kappa shape index (κ2) is 7.04. The van der Waals surface area contributed by atoms with Crippen LogP contribution in [0.3, 0.4) is 0 Å². The van der Waals surface area contributed by atoms with Crippen molar-refractivity contribution < 1.29 is 0 Å². The van der Waals surface area contributed by atoms with Gasteiger partial charge in [-0.15, -0.1) is 10.2 Å². The molecule has 0 amide bonds. The van der Waals surface area contributed by atoms with Crippen LogP contribution in [0.25, 0.3) is 11.4 Å². The lowest BCUT2D eigenvalue weighted by molar-refractivity contribution is 0.590. The van der Waals surface area contributed by atoms with Crippen molar-refractivity contribution in [1.29, 1.82) is 0 Å². The lowest BCUT2D eigenvalue weighted by atomic mass is 9.87. The van der Waals surface area contributed by atoms with Crippen molar-refractivity contribution in [3.8, 4) is 11.4 Å². The predicted octanol–water partition coefficient (Wildman–Crippen LogP) is 5.38. The van der Waals surface area contributed by atoms with Gasteiger partial charge in [-0.25, -0.2) is 0 Å². The summed E-state index contributed by atoms with van der Waals surface area (Å²) < 4.78 is 2.07. The number of hydrogen-bond acceptors (Lipinski definition) is 3. The molecule has 0 atom stereocenters. The third-order valence-corrected chi connectivity index (χ3v) is 5.39. The molecule has 0 radical (unpaired) electrons. The van der Waals surface area contributed by atoms with E-state index in [1.165, 1.54) is 16.7 Å². The van der Waals surface area contributed by atoms with E-state index in [9.17, 15) is 0 Å². The zero-order chi connectivity index (χ0) is 18.0. The summed E-state index contributed by atoms with van der Waals surface area (Å²) in [5.74, 6) is 1.80. The van der Waals surface area contributed by atoms with Crippen LogP contribution >= 0.6 is 11.8 Å². The molecule has 3 rings (SSSR count). The number of rotatable bonds is 4. The first kappa shape index (κ1) is 17.7. The maximum atomic E-state index is 4.38. The van der Waals surface area contributed by atoms with Gasteiger partial charge >= 0.3 is 0 Å². The van der Waals surface area contributed by atoms with Crippen molar-refractivity contribution in [2.45, 2.75) is 44.0 Å². The maximum absolute atomic E-state index is 4.38. The Bertz CT molecular complexity index is 858. The van der Waals surface area contributed by atoms with E-state index in [1.807, 2.05) is 7.05 Å². The molecular formula is C21H25N3S. The molecule has 0 fully saturated rings. The van der Waals surface area contributed by atoms with Gasteiger partial charge in [-0.1, -0.05) is 80.6 Å². The zero-order valence-corrected chi connectivity index (χ0v) is 16.4. The lowest BCUT2D eigenvalue weighted by Crippen LogP contribution is -2.10. The minimum absolute atomic E-state index is 0.192. The Labute approximate surface area is 154 Å². The molecule has 2 aromatic carbocycles. The fourth-order valence-corrected chi connectivity index (χ4v) is 3.59. The van der Waals surface area contributed by atoms with Gasteiger partial charge in [0.25, 0.3) is 0 Å². The Morgan fingerprint density at radius 3 is 2.36 bits per heavy atom. The van der Waals surface area contributed by atoms with E-state index in [0.717, 1.165) is 22.3 Å². The second-order valence-corrected chi connectivity index (χ2v) is 8.41. The highest BCUT2D eigenvalue weighted by Crippen LogP contribution is 2.27. The molecule has 0 saturated heterocycles. The Morgan fingerprint density at radius 1 is 1.00 bits per heavy atom. The monoisotopic (exact) mass is 351 g/mol. The molecule has 0 unspecified atom stereocenters. The SMILES string of the molecule is Cc1cccc(-c2nnc(SCc3ccc(C(C)(C)C)cc3)n2C)c1. The number of nitrogens with zero attached hydrogens (tertiary/aromatic N) is 3. The van der Waals surface area contributed by atoms with E-state index in [0.29, 0.717) is 0 Å². The molecule has 25 heavy (non-hydrogen) atoms. The molecule has 4 heteroatoms. The van der Waals surface area contributed by atoms with E-state index in [1.54, 1.807) is 11.8 Å². The highest BCUT2D eigenvalue weighted by atomic mass is 32.2. The summed E-state index contributed by atoms with van der Waals surface area (Å²) in [4.78, 5) is 0. The van der Waals surface area contributed by atoms with Crippen LogP contribution in [0.4, 0.5) is 0 Å². The fourth-order valence-electron chi connectivity index (χ4n) is 2.72. The van der Waals surface area contributed by atoms with Crippen LogP contribution < -0.4 is 0 Å².